The maximum Gasteiger partial charge on any atom is 0.292 e. The summed E-state index contributed by atoms with van der Waals surface area (Å²) >= 11 is 0. The van der Waals surface area contributed by atoms with E-state index in [-0.39, 0.29) is 18.0 Å². The van der Waals surface area contributed by atoms with Crippen molar-refractivity contribution in [1.29, 1.82) is 0 Å². The van der Waals surface area contributed by atoms with E-state index in [1.54, 1.807) is 18.5 Å². The summed E-state index contributed by atoms with van der Waals surface area (Å²) in [5.41, 5.74) is 2.12. The van der Waals surface area contributed by atoms with Crippen molar-refractivity contribution >= 4 is 17.6 Å². The van der Waals surface area contributed by atoms with Crippen LogP contribution in [0.5, 0.6) is 0 Å². The fourth-order valence-electron chi connectivity index (χ4n) is 2.47. The average Bonchev–Trinajstić information content (AvgIpc) is 2.92. The molecule has 7 nitrogen and oxygen atoms in total. The predicted octanol–water partition coefficient (Wildman–Crippen LogP) is 1.31. The molecule has 25 heavy (non-hydrogen) atoms. The summed E-state index contributed by atoms with van der Waals surface area (Å²) in [5, 5.41) is 9.35. The van der Waals surface area contributed by atoms with Gasteiger partial charge >= 0.3 is 0 Å². The van der Waals surface area contributed by atoms with Gasteiger partial charge in [-0.25, -0.2) is 4.68 Å². The predicted molar refractivity (Wildman–Crippen MR) is 93.7 cm³/mol. The molecule has 2 N–H and O–H groups in total. The highest BCUT2D eigenvalue weighted by atomic mass is 16.2. The van der Waals surface area contributed by atoms with Gasteiger partial charge in [0.25, 0.3) is 11.7 Å². The van der Waals surface area contributed by atoms with E-state index in [9.17, 15) is 14.4 Å². The van der Waals surface area contributed by atoms with Crippen molar-refractivity contribution in [2.75, 3.05) is 13.1 Å². The largest absolute Gasteiger partial charge is 0.355 e. The van der Waals surface area contributed by atoms with Gasteiger partial charge in [0.2, 0.25) is 5.91 Å². The number of aryl methyl sites for hydroxylation is 1. The second-order valence-electron chi connectivity index (χ2n) is 5.65. The van der Waals surface area contributed by atoms with Crippen molar-refractivity contribution in [1.82, 2.24) is 20.4 Å². The van der Waals surface area contributed by atoms with Crippen molar-refractivity contribution in [3.63, 3.8) is 0 Å². The summed E-state index contributed by atoms with van der Waals surface area (Å²) in [5.74, 6) is -1.83. The molecule has 0 aliphatic carbocycles. The molecule has 2 rings (SSSR count). The van der Waals surface area contributed by atoms with Gasteiger partial charge in [-0.05, 0) is 32.4 Å². The van der Waals surface area contributed by atoms with Crippen LogP contribution in [0.2, 0.25) is 0 Å². The Bertz CT molecular complexity index is 781. The molecule has 2 amide bonds. The minimum absolute atomic E-state index is 0.227. The molecule has 1 heterocycles. The maximum atomic E-state index is 12.5. The first-order valence-electron chi connectivity index (χ1n) is 8.16. The minimum Gasteiger partial charge on any atom is -0.355 e. The van der Waals surface area contributed by atoms with Gasteiger partial charge < -0.3 is 10.6 Å². The molecule has 2 aromatic rings. The zero-order valence-corrected chi connectivity index (χ0v) is 14.6. The Balaban J connectivity index is 2.13. The molecular weight excluding hydrogens is 320 g/mol. The monoisotopic (exact) mass is 342 g/mol. The number of nitrogens with zero attached hydrogens (tertiary/aromatic N) is 2. The van der Waals surface area contributed by atoms with Crippen molar-refractivity contribution < 1.29 is 14.4 Å². The molecule has 7 heteroatoms. The molecule has 0 radical (unpaired) electrons. The van der Waals surface area contributed by atoms with Crippen LogP contribution in [-0.2, 0) is 9.59 Å². The van der Waals surface area contributed by atoms with E-state index in [1.807, 2.05) is 37.3 Å². The number of ketones is 1. The van der Waals surface area contributed by atoms with E-state index in [2.05, 4.69) is 15.7 Å². The second kappa shape index (κ2) is 8.23. The molecular formula is C18H22N4O3. The van der Waals surface area contributed by atoms with Crippen LogP contribution in [0.3, 0.4) is 0 Å². The van der Waals surface area contributed by atoms with E-state index in [0.29, 0.717) is 17.9 Å². The molecule has 0 saturated heterocycles. The Hall–Kier alpha value is -2.96. The highest BCUT2D eigenvalue weighted by Crippen LogP contribution is 2.18. The third kappa shape index (κ3) is 4.32. The number of amides is 2. The Labute approximate surface area is 146 Å². The van der Waals surface area contributed by atoms with Crippen LogP contribution in [0.4, 0.5) is 0 Å². The number of nitrogens with one attached hydrogen (secondary N) is 2. The molecule has 0 spiro atoms. The number of hydrogen-bond acceptors (Lipinski definition) is 4. The molecule has 1 aromatic heterocycles. The fourth-order valence-corrected chi connectivity index (χ4v) is 2.47. The standard InChI is InChI=1S/C18H22N4O3/c1-4-10-19-15(23)11-20-18(25)17(24)16-12(2)21-22(13(16)3)14-8-6-5-7-9-14/h5-9H,4,10-11H2,1-3H3,(H,19,23)(H,20,25). The van der Waals surface area contributed by atoms with E-state index in [4.69, 9.17) is 0 Å². The number of aromatic nitrogens is 2. The van der Waals surface area contributed by atoms with Crippen LogP contribution in [0, 0.1) is 13.8 Å². The lowest BCUT2D eigenvalue weighted by Crippen LogP contribution is -2.40. The van der Waals surface area contributed by atoms with Gasteiger partial charge in [0.15, 0.2) is 0 Å². The van der Waals surface area contributed by atoms with Crippen LogP contribution in [0.25, 0.3) is 5.69 Å². The first-order chi connectivity index (χ1) is 12.0. The number of benzene rings is 1. The highest BCUT2D eigenvalue weighted by Gasteiger charge is 2.25. The number of para-hydroxylation sites is 1. The Morgan fingerprint density at radius 1 is 1.08 bits per heavy atom. The third-order valence-electron chi connectivity index (χ3n) is 3.71. The normalized spacial score (nSPS) is 10.4. The second-order valence-corrected chi connectivity index (χ2v) is 5.65. The van der Waals surface area contributed by atoms with Gasteiger partial charge in [-0.3, -0.25) is 14.4 Å². The summed E-state index contributed by atoms with van der Waals surface area (Å²) in [6.07, 6.45) is 0.801. The minimum atomic E-state index is -0.814. The van der Waals surface area contributed by atoms with E-state index in [0.717, 1.165) is 12.1 Å². The Morgan fingerprint density at radius 2 is 1.76 bits per heavy atom. The first kappa shape index (κ1) is 18.4. The molecule has 1 aromatic carbocycles. The summed E-state index contributed by atoms with van der Waals surface area (Å²) in [6.45, 7) is 5.65. The zero-order valence-electron chi connectivity index (χ0n) is 14.6. The van der Waals surface area contributed by atoms with Crippen molar-refractivity contribution in [3.05, 3.63) is 47.3 Å². The van der Waals surface area contributed by atoms with Gasteiger partial charge in [-0.15, -0.1) is 0 Å². The first-order valence-corrected chi connectivity index (χ1v) is 8.16. The highest BCUT2D eigenvalue weighted by molar-refractivity contribution is 6.43. The lowest BCUT2D eigenvalue weighted by atomic mass is 10.1. The van der Waals surface area contributed by atoms with Crippen molar-refractivity contribution in [3.8, 4) is 5.69 Å². The molecule has 0 atom stereocenters. The summed E-state index contributed by atoms with van der Waals surface area (Å²) in [7, 11) is 0. The maximum absolute atomic E-state index is 12.5. The number of carbonyl (C=O) groups is 3. The summed E-state index contributed by atoms with van der Waals surface area (Å²) in [4.78, 5) is 36.1. The average molecular weight is 342 g/mol. The molecule has 0 fully saturated rings. The van der Waals surface area contributed by atoms with Crippen LogP contribution in [0.15, 0.2) is 30.3 Å². The SMILES string of the molecule is CCCNC(=O)CNC(=O)C(=O)c1c(C)nn(-c2ccccc2)c1C. The van der Waals surface area contributed by atoms with E-state index >= 15 is 0 Å². The smallest absolute Gasteiger partial charge is 0.292 e. The van der Waals surface area contributed by atoms with Gasteiger partial charge in [-0.1, -0.05) is 25.1 Å². The van der Waals surface area contributed by atoms with Gasteiger partial charge in [0.1, 0.15) is 0 Å². The Kier molecular flexibility index (Phi) is 6.05. The molecule has 132 valence electrons. The van der Waals surface area contributed by atoms with E-state index < -0.39 is 11.7 Å². The summed E-state index contributed by atoms with van der Waals surface area (Å²) in [6, 6.07) is 9.36. The van der Waals surface area contributed by atoms with Crippen LogP contribution < -0.4 is 10.6 Å². The molecule has 0 aliphatic heterocycles. The van der Waals surface area contributed by atoms with Gasteiger partial charge in [-0.2, -0.15) is 5.10 Å². The van der Waals surface area contributed by atoms with Crippen molar-refractivity contribution in [2.24, 2.45) is 0 Å². The lowest BCUT2D eigenvalue weighted by molar-refractivity contribution is -0.124. The van der Waals surface area contributed by atoms with Crippen LogP contribution in [-0.4, -0.2) is 40.5 Å². The van der Waals surface area contributed by atoms with E-state index in [1.165, 1.54) is 0 Å². The third-order valence-corrected chi connectivity index (χ3v) is 3.71. The lowest BCUT2D eigenvalue weighted by Gasteiger charge is -2.06. The summed E-state index contributed by atoms with van der Waals surface area (Å²) < 4.78 is 1.63. The number of carbonyl (C=O) groups excluding carboxylic acids is 3. The van der Waals surface area contributed by atoms with Crippen LogP contribution in [0.1, 0.15) is 35.1 Å². The number of Topliss-reactive ketones (excluding diaryl/α,β-unsaturated/α-hetero) is 1. The Morgan fingerprint density at radius 3 is 2.40 bits per heavy atom. The fraction of sp³-hybridized carbons (Fsp3) is 0.333. The van der Waals surface area contributed by atoms with Gasteiger partial charge in [0, 0.05) is 6.54 Å². The van der Waals surface area contributed by atoms with Crippen molar-refractivity contribution in [2.45, 2.75) is 27.2 Å². The number of rotatable bonds is 7. The molecule has 0 aliphatic rings. The molecule has 0 unspecified atom stereocenters. The number of hydrogen-bond donors (Lipinski definition) is 2. The van der Waals surface area contributed by atoms with Crippen LogP contribution >= 0.6 is 0 Å². The zero-order chi connectivity index (χ0) is 18.4. The molecule has 0 saturated carbocycles. The topological polar surface area (TPSA) is 93.1 Å². The quantitative estimate of drug-likeness (QED) is 0.586. The van der Waals surface area contributed by atoms with Gasteiger partial charge in [0.05, 0.1) is 29.2 Å². The molecule has 0 bridgehead atoms.